The summed E-state index contributed by atoms with van der Waals surface area (Å²) in [6.45, 7) is 7.99. The molecule has 0 heterocycles. The van der Waals surface area contributed by atoms with Gasteiger partial charge in [-0.05, 0) is 44.9 Å². The number of benzene rings is 2. The fourth-order valence-corrected chi connectivity index (χ4v) is 2.60. The van der Waals surface area contributed by atoms with Crippen LogP contribution in [0.25, 0.3) is 0 Å². The van der Waals surface area contributed by atoms with Gasteiger partial charge in [0.1, 0.15) is 0 Å². The third-order valence-corrected chi connectivity index (χ3v) is 3.77. The van der Waals surface area contributed by atoms with Gasteiger partial charge < -0.3 is 5.32 Å². The third kappa shape index (κ3) is 3.21. The SMILES string of the molecule is Cc1ccc(C(C)Nc2cccc([N+](=O)[O-])c2C)c(C)c1. The van der Waals surface area contributed by atoms with Crippen LogP contribution in [0.2, 0.25) is 0 Å². The van der Waals surface area contributed by atoms with Crippen molar-refractivity contribution >= 4 is 11.4 Å². The van der Waals surface area contributed by atoms with Gasteiger partial charge in [0.2, 0.25) is 0 Å². The highest BCUT2D eigenvalue weighted by atomic mass is 16.6. The maximum absolute atomic E-state index is 11.0. The Morgan fingerprint density at radius 3 is 2.48 bits per heavy atom. The lowest BCUT2D eigenvalue weighted by molar-refractivity contribution is -0.385. The van der Waals surface area contributed by atoms with Crippen LogP contribution in [0.5, 0.6) is 0 Å². The van der Waals surface area contributed by atoms with E-state index in [4.69, 9.17) is 0 Å². The van der Waals surface area contributed by atoms with Gasteiger partial charge in [0.15, 0.2) is 0 Å². The van der Waals surface area contributed by atoms with E-state index in [1.54, 1.807) is 13.0 Å². The molecule has 0 fully saturated rings. The number of nitro benzene ring substituents is 1. The number of rotatable bonds is 4. The van der Waals surface area contributed by atoms with E-state index in [0.717, 1.165) is 5.69 Å². The van der Waals surface area contributed by atoms with E-state index in [2.05, 4.69) is 44.3 Å². The minimum absolute atomic E-state index is 0.0892. The van der Waals surface area contributed by atoms with Gasteiger partial charge in [0.25, 0.3) is 5.69 Å². The quantitative estimate of drug-likeness (QED) is 0.654. The van der Waals surface area contributed by atoms with Gasteiger partial charge in [-0.2, -0.15) is 0 Å². The first-order valence-electron chi connectivity index (χ1n) is 6.98. The van der Waals surface area contributed by atoms with Crippen molar-refractivity contribution in [3.05, 3.63) is 68.8 Å². The van der Waals surface area contributed by atoms with Gasteiger partial charge in [0, 0.05) is 23.4 Å². The van der Waals surface area contributed by atoms with Crippen LogP contribution in [-0.2, 0) is 0 Å². The van der Waals surface area contributed by atoms with Gasteiger partial charge in [0.05, 0.1) is 4.92 Å². The maximum atomic E-state index is 11.0. The molecule has 0 saturated heterocycles. The predicted octanol–water partition coefficient (Wildman–Crippen LogP) is 4.69. The van der Waals surface area contributed by atoms with E-state index in [1.807, 2.05) is 6.07 Å². The first kappa shape index (κ1) is 15.0. The second kappa shape index (κ2) is 5.95. The molecule has 0 aliphatic carbocycles. The largest absolute Gasteiger partial charge is 0.378 e. The van der Waals surface area contributed by atoms with Crippen molar-refractivity contribution in [2.75, 3.05) is 5.32 Å². The molecule has 2 aromatic carbocycles. The van der Waals surface area contributed by atoms with E-state index in [0.29, 0.717) is 5.56 Å². The number of aryl methyl sites for hydroxylation is 2. The average molecular weight is 284 g/mol. The molecular formula is C17H20N2O2. The van der Waals surface area contributed by atoms with Crippen LogP contribution in [0.4, 0.5) is 11.4 Å². The fourth-order valence-electron chi connectivity index (χ4n) is 2.60. The molecule has 1 unspecified atom stereocenters. The summed E-state index contributed by atoms with van der Waals surface area (Å²) in [5, 5.41) is 14.4. The number of anilines is 1. The molecule has 0 aromatic heterocycles. The van der Waals surface area contributed by atoms with Crippen molar-refractivity contribution in [3.8, 4) is 0 Å². The molecule has 0 saturated carbocycles. The summed E-state index contributed by atoms with van der Waals surface area (Å²) < 4.78 is 0. The number of nitro groups is 1. The van der Waals surface area contributed by atoms with Crippen molar-refractivity contribution in [1.82, 2.24) is 0 Å². The molecule has 110 valence electrons. The lowest BCUT2D eigenvalue weighted by Crippen LogP contribution is -2.10. The second-order valence-corrected chi connectivity index (χ2v) is 5.43. The number of hydrogen-bond donors (Lipinski definition) is 1. The highest BCUT2D eigenvalue weighted by Gasteiger charge is 2.15. The summed E-state index contributed by atoms with van der Waals surface area (Å²) in [6, 6.07) is 11.5. The average Bonchev–Trinajstić information content (AvgIpc) is 2.40. The Bertz CT molecular complexity index is 680. The Morgan fingerprint density at radius 2 is 1.86 bits per heavy atom. The molecule has 4 nitrogen and oxygen atoms in total. The Hall–Kier alpha value is -2.36. The van der Waals surface area contributed by atoms with E-state index in [-0.39, 0.29) is 16.7 Å². The standard InChI is InChI=1S/C17H20N2O2/c1-11-8-9-15(12(2)10-11)14(4)18-16-6-5-7-17(13(16)3)19(20)21/h5-10,14,18H,1-4H3. The molecule has 2 aromatic rings. The monoisotopic (exact) mass is 284 g/mol. The van der Waals surface area contributed by atoms with E-state index in [9.17, 15) is 10.1 Å². The first-order chi connectivity index (χ1) is 9.90. The lowest BCUT2D eigenvalue weighted by atomic mass is 9.99. The Balaban J connectivity index is 2.29. The van der Waals surface area contributed by atoms with Crippen molar-refractivity contribution in [2.45, 2.75) is 33.7 Å². The zero-order valence-electron chi connectivity index (χ0n) is 12.8. The van der Waals surface area contributed by atoms with Crippen LogP contribution in [0.15, 0.2) is 36.4 Å². The topological polar surface area (TPSA) is 55.2 Å². The minimum atomic E-state index is -0.345. The van der Waals surface area contributed by atoms with Crippen LogP contribution < -0.4 is 5.32 Å². The summed E-state index contributed by atoms with van der Waals surface area (Å²) in [7, 11) is 0. The van der Waals surface area contributed by atoms with Gasteiger partial charge >= 0.3 is 0 Å². The van der Waals surface area contributed by atoms with E-state index < -0.39 is 0 Å². The summed E-state index contributed by atoms with van der Waals surface area (Å²) in [5.74, 6) is 0. The van der Waals surface area contributed by atoms with Crippen LogP contribution >= 0.6 is 0 Å². The molecule has 21 heavy (non-hydrogen) atoms. The van der Waals surface area contributed by atoms with Crippen LogP contribution in [0, 0.1) is 30.9 Å². The number of nitrogens with one attached hydrogen (secondary N) is 1. The highest BCUT2D eigenvalue weighted by Crippen LogP contribution is 2.29. The van der Waals surface area contributed by atoms with Gasteiger partial charge in [-0.3, -0.25) is 10.1 Å². The molecule has 2 rings (SSSR count). The molecule has 0 amide bonds. The van der Waals surface area contributed by atoms with Crippen molar-refractivity contribution in [1.29, 1.82) is 0 Å². The zero-order chi connectivity index (χ0) is 15.6. The van der Waals surface area contributed by atoms with E-state index in [1.165, 1.54) is 22.8 Å². The third-order valence-electron chi connectivity index (χ3n) is 3.77. The normalized spacial score (nSPS) is 12.0. The molecule has 1 atom stereocenters. The van der Waals surface area contributed by atoms with Crippen molar-refractivity contribution in [3.63, 3.8) is 0 Å². The van der Waals surface area contributed by atoms with Crippen molar-refractivity contribution in [2.24, 2.45) is 0 Å². The Kier molecular flexibility index (Phi) is 4.26. The molecule has 0 aliphatic heterocycles. The van der Waals surface area contributed by atoms with Gasteiger partial charge in [-0.15, -0.1) is 0 Å². The van der Waals surface area contributed by atoms with Crippen LogP contribution in [0.3, 0.4) is 0 Å². The Labute approximate surface area is 125 Å². The number of hydrogen-bond acceptors (Lipinski definition) is 3. The molecule has 0 radical (unpaired) electrons. The number of nitrogens with zero attached hydrogens (tertiary/aromatic N) is 1. The second-order valence-electron chi connectivity index (χ2n) is 5.43. The minimum Gasteiger partial charge on any atom is -0.378 e. The summed E-state index contributed by atoms with van der Waals surface area (Å²) >= 11 is 0. The molecule has 0 bridgehead atoms. The summed E-state index contributed by atoms with van der Waals surface area (Å²) in [5.41, 5.74) is 5.27. The summed E-state index contributed by atoms with van der Waals surface area (Å²) in [4.78, 5) is 10.7. The molecule has 1 N–H and O–H groups in total. The highest BCUT2D eigenvalue weighted by molar-refractivity contribution is 5.60. The smallest absolute Gasteiger partial charge is 0.274 e. The molecule has 4 heteroatoms. The zero-order valence-corrected chi connectivity index (χ0v) is 12.8. The van der Waals surface area contributed by atoms with E-state index >= 15 is 0 Å². The molecular weight excluding hydrogens is 264 g/mol. The van der Waals surface area contributed by atoms with Gasteiger partial charge in [-0.1, -0.05) is 29.8 Å². The first-order valence-corrected chi connectivity index (χ1v) is 6.98. The lowest BCUT2D eigenvalue weighted by Gasteiger charge is -2.19. The Morgan fingerprint density at radius 1 is 1.14 bits per heavy atom. The fraction of sp³-hybridized carbons (Fsp3) is 0.294. The summed E-state index contributed by atoms with van der Waals surface area (Å²) in [6.07, 6.45) is 0. The van der Waals surface area contributed by atoms with Crippen LogP contribution in [-0.4, -0.2) is 4.92 Å². The van der Waals surface area contributed by atoms with Crippen molar-refractivity contribution < 1.29 is 4.92 Å². The molecule has 0 spiro atoms. The van der Waals surface area contributed by atoms with Gasteiger partial charge in [-0.25, -0.2) is 0 Å². The molecule has 0 aliphatic rings. The van der Waals surface area contributed by atoms with Crippen LogP contribution in [0.1, 0.15) is 35.2 Å². The predicted molar refractivity (Wildman–Crippen MR) is 85.8 cm³/mol. The maximum Gasteiger partial charge on any atom is 0.274 e.